The van der Waals surface area contributed by atoms with E-state index in [1.807, 2.05) is 0 Å². The van der Waals surface area contributed by atoms with Crippen molar-refractivity contribution in [2.45, 2.75) is 38.8 Å². The Labute approximate surface area is 123 Å². The van der Waals surface area contributed by atoms with Crippen LogP contribution in [0.4, 0.5) is 0 Å². The van der Waals surface area contributed by atoms with Crippen molar-refractivity contribution in [2.24, 2.45) is 0 Å². The summed E-state index contributed by atoms with van der Waals surface area (Å²) in [7, 11) is 0. The van der Waals surface area contributed by atoms with Gasteiger partial charge in [-0.15, -0.1) is 0 Å². The van der Waals surface area contributed by atoms with Gasteiger partial charge in [0.2, 0.25) is 0 Å². The van der Waals surface area contributed by atoms with Crippen molar-refractivity contribution in [2.75, 3.05) is 32.8 Å². The highest BCUT2D eigenvalue weighted by Crippen LogP contribution is 2.20. The zero-order chi connectivity index (χ0) is 14.2. The smallest absolute Gasteiger partial charge is 0.0619 e. The molecule has 1 N–H and O–H groups in total. The molecule has 112 valence electrons. The number of hydrogen-bond acceptors (Lipinski definition) is 3. The Bertz CT molecular complexity index is 359. The van der Waals surface area contributed by atoms with E-state index in [4.69, 9.17) is 4.74 Å². The first-order chi connectivity index (χ1) is 9.85. The van der Waals surface area contributed by atoms with Crippen molar-refractivity contribution in [1.82, 2.24) is 10.2 Å². The molecule has 0 saturated carbocycles. The van der Waals surface area contributed by atoms with E-state index in [0.717, 1.165) is 32.8 Å². The predicted molar refractivity (Wildman–Crippen MR) is 83.9 cm³/mol. The molecule has 0 spiro atoms. The summed E-state index contributed by atoms with van der Waals surface area (Å²) in [6, 6.07) is 11.8. The number of rotatable bonds is 7. The Morgan fingerprint density at radius 1 is 1.25 bits per heavy atom. The second-order valence-corrected chi connectivity index (χ2v) is 5.47. The highest BCUT2D eigenvalue weighted by molar-refractivity contribution is 5.19. The number of nitrogens with zero attached hydrogens (tertiary/aromatic N) is 1. The largest absolute Gasteiger partial charge is 0.380 e. The van der Waals surface area contributed by atoms with E-state index in [1.165, 1.54) is 18.4 Å². The van der Waals surface area contributed by atoms with Crippen molar-refractivity contribution in [3.63, 3.8) is 0 Å². The minimum absolute atomic E-state index is 0.452. The molecule has 1 aromatic carbocycles. The lowest BCUT2D eigenvalue weighted by molar-refractivity contribution is 0.0668. The molecule has 0 bridgehead atoms. The van der Waals surface area contributed by atoms with Gasteiger partial charge in [-0.05, 0) is 31.5 Å². The molecule has 1 aromatic rings. The predicted octanol–water partition coefficient (Wildman–Crippen LogP) is 2.84. The Kier molecular flexibility index (Phi) is 6.51. The van der Waals surface area contributed by atoms with Crippen molar-refractivity contribution in [3.05, 3.63) is 35.9 Å². The van der Waals surface area contributed by atoms with Crippen LogP contribution in [0.3, 0.4) is 0 Å². The van der Waals surface area contributed by atoms with Crippen molar-refractivity contribution >= 4 is 0 Å². The van der Waals surface area contributed by atoms with Gasteiger partial charge in [0.1, 0.15) is 0 Å². The number of ether oxygens (including phenoxy) is 1. The van der Waals surface area contributed by atoms with Crippen LogP contribution in [0.1, 0.15) is 38.3 Å². The molecule has 0 amide bonds. The van der Waals surface area contributed by atoms with E-state index in [1.54, 1.807) is 0 Å². The first-order valence-corrected chi connectivity index (χ1v) is 7.95. The van der Waals surface area contributed by atoms with E-state index in [9.17, 15) is 0 Å². The average molecular weight is 276 g/mol. The van der Waals surface area contributed by atoms with Crippen LogP contribution >= 0.6 is 0 Å². The van der Waals surface area contributed by atoms with Crippen LogP contribution in [-0.4, -0.2) is 43.8 Å². The van der Waals surface area contributed by atoms with Crippen LogP contribution in [0.25, 0.3) is 0 Å². The second-order valence-electron chi connectivity index (χ2n) is 5.47. The number of hydrogen-bond donors (Lipinski definition) is 1. The molecule has 20 heavy (non-hydrogen) atoms. The fourth-order valence-corrected chi connectivity index (χ4v) is 2.98. The lowest BCUT2D eigenvalue weighted by Gasteiger charge is -2.32. The van der Waals surface area contributed by atoms with E-state index in [-0.39, 0.29) is 0 Å². The Morgan fingerprint density at radius 3 is 2.60 bits per heavy atom. The molecular formula is C17H28N2O. The topological polar surface area (TPSA) is 24.5 Å². The highest BCUT2D eigenvalue weighted by Gasteiger charge is 2.20. The van der Waals surface area contributed by atoms with Crippen LogP contribution < -0.4 is 5.32 Å². The molecule has 3 nitrogen and oxygen atoms in total. The molecule has 2 atom stereocenters. The lowest BCUT2D eigenvalue weighted by atomic mass is 10.0. The third-order valence-electron chi connectivity index (χ3n) is 4.20. The maximum atomic E-state index is 5.56. The Hall–Kier alpha value is -0.900. The normalized spacial score (nSPS) is 21.1. The average Bonchev–Trinajstić information content (AvgIpc) is 2.53. The van der Waals surface area contributed by atoms with Crippen LogP contribution in [0, 0.1) is 0 Å². The first-order valence-electron chi connectivity index (χ1n) is 7.95. The quantitative estimate of drug-likeness (QED) is 0.829. The molecule has 1 aliphatic heterocycles. The summed E-state index contributed by atoms with van der Waals surface area (Å²) in [5, 5.41) is 3.70. The number of likely N-dealkylation sites (N-methyl/N-ethyl adjacent to an activating group) is 1. The number of benzene rings is 1. The lowest BCUT2D eigenvalue weighted by Crippen LogP contribution is -2.43. The SMILES string of the molecule is CCN(CC)C(CNC1CCCOC1)c1ccccc1. The summed E-state index contributed by atoms with van der Waals surface area (Å²) in [5.41, 5.74) is 1.40. The van der Waals surface area contributed by atoms with Gasteiger partial charge in [-0.3, -0.25) is 4.90 Å². The van der Waals surface area contributed by atoms with Crippen molar-refractivity contribution in [3.8, 4) is 0 Å². The molecule has 1 fully saturated rings. The molecule has 0 radical (unpaired) electrons. The summed E-state index contributed by atoms with van der Waals surface area (Å²) in [6.07, 6.45) is 2.42. The molecule has 0 aliphatic carbocycles. The molecule has 2 unspecified atom stereocenters. The first kappa shape index (κ1) is 15.5. The Balaban J connectivity index is 1.98. The van der Waals surface area contributed by atoms with Crippen molar-refractivity contribution in [1.29, 1.82) is 0 Å². The van der Waals surface area contributed by atoms with Crippen LogP contribution in [0.5, 0.6) is 0 Å². The fraction of sp³-hybridized carbons (Fsp3) is 0.647. The zero-order valence-electron chi connectivity index (χ0n) is 12.8. The number of nitrogens with one attached hydrogen (secondary N) is 1. The van der Waals surface area contributed by atoms with Gasteiger partial charge in [-0.25, -0.2) is 0 Å². The van der Waals surface area contributed by atoms with E-state index < -0.39 is 0 Å². The maximum absolute atomic E-state index is 5.56. The van der Waals surface area contributed by atoms with Gasteiger partial charge < -0.3 is 10.1 Å². The molecule has 1 heterocycles. The molecule has 2 rings (SSSR count). The molecule has 0 aromatic heterocycles. The van der Waals surface area contributed by atoms with Crippen LogP contribution in [-0.2, 0) is 4.74 Å². The van der Waals surface area contributed by atoms with Gasteiger partial charge in [0, 0.05) is 25.2 Å². The molecule has 1 saturated heterocycles. The summed E-state index contributed by atoms with van der Waals surface area (Å²) in [4.78, 5) is 2.52. The zero-order valence-corrected chi connectivity index (χ0v) is 12.8. The minimum Gasteiger partial charge on any atom is -0.380 e. The van der Waals surface area contributed by atoms with Crippen molar-refractivity contribution < 1.29 is 4.74 Å². The van der Waals surface area contributed by atoms with Gasteiger partial charge >= 0.3 is 0 Å². The Morgan fingerprint density at radius 2 is 2.00 bits per heavy atom. The standard InChI is InChI=1S/C17H28N2O/c1-3-19(4-2)17(15-9-6-5-7-10-15)13-18-16-11-8-12-20-14-16/h5-7,9-10,16-18H,3-4,8,11-14H2,1-2H3. The maximum Gasteiger partial charge on any atom is 0.0619 e. The monoisotopic (exact) mass is 276 g/mol. The van der Waals surface area contributed by atoms with E-state index in [2.05, 4.69) is 54.4 Å². The van der Waals surface area contributed by atoms with Gasteiger partial charge in [0.25, 0.3) is 0 Å². The van der Waals surface area contributed by atoms with Gasteiger partial charge in [-0.1, -0.05) is 44.2 Å². The molecule has 1 aliphatic rings. The van der Waals surface area contributed by atoms with Crippen LogP contribution in [0.2, 0.25) is 0 Å². The molecule has 3 heteroatoms. The summed E-state index contributed by atoms with van der Waals surface area (Å²) in [5.74, 6) is 0. The van der Waals surface area contributed by atoms with Gasteiger partial charge in [-0.2, -0.15) is 0 Å². The second kappa shape index (κ2) is 8.40. The van der Waals surface area contributed by atoms with E-state index in [0.29, 0.717) is 12.1 Å². The summed E-state index contributed by atoms with van der Waals surface area (Å²) in [6.45, 7) is 9.43. The third kappa shape index (κ3) is 4.30. The summed E-state index contributed by atoms with van der Waals surface area (Å²) < 4.78 is 5.56. The van der Waals surface area contributed by atoms with Crippen LogP contribution in [0.15, 0.2) is 30.3 Å². The third-order valence-corrected chi connectivity index (χ3v) is 4.20. The fourth-order valence-electron chi connectivity index (χ4n) is 2.98. The summed E-state index contributed by atoms with van der Waals surface area (Å²) >= 11 is 0. The highest BCUT2D eigenvalue weighted by atomic mass is 16.5. The van der Waals surface area contributed by atoms with Gasteiger partial charge in [0.05, 0.1) is 6.61 Å². The van der Waals surface area contributed by atoms with E-state index >= 15 is 0 Å². The van der Waals surface area contributed by atoms with Gasteiger partial charge in [0.15, 0.2) is 0 Å². The molecular weight excluding hydrogens is 248 g/mol. The minimum atomic E-state index is 0.452.